The van der Waals surface area contributed by atoms with Crippen LogP contribution in [-0.4, -0.2) is 32.7 Å². The Balaban J connectivity index is 1.81. The molecule has 2 heterocycles. The Morgan fingerprint density at radius 1 is 1.62 bits per heavy atom. The smallest absolute Gasteiger partial charge is 0.261 e. The Labute approximate surface area is 96.3 Å². The van der Waals surface area contributed by atoms with Crippen molar-refractivity contribution < 1.29 is 4.79 Å². The lowest BCUT2D eigenvalue weighted by molar-refractivity contribution is 0.0958. The number of tetrazole rings is 1. The molecule has 6 nitrogen and oxygen atoms in total. The summed E-state index contributed by atoms with van der Waals surface area (Å²) in [5.41, 5.74) is 0. The summed E-state index contributed by atoms with van der Waals surface area (Å²) in [5.74, 6) is 0.705. The first kappa shape index (κ1) is 10.7. The lowest BCUT2D eigenvalue weighted by atomic mass is 10.4. The standard InChI is InChI=1S/C9H11N5OS/c1-14-8(11-12-13-14)4-5-10-9(15)7-3-2-6-16-7/h2-3,6H,4-5H2,1H3,(H,10,15). The van der Waals surface area contributed by atoms with Crippen LogP contribution in [-0.2, 0) is 13.5 Å². The highest BCUT2D eigenvalue weighted by molar-refractivity contribution is 7.12. The van der Waals surface area contributed by atoms with Crippen LogP contribution in [0.1, 0.15) is 15.5 Å². The van der Waals surface area contributed by atoms with E-state index in [9.17, 15) is 4.79 Å². The van der Waals surface area contributed by atoms with E-state index in [0.29, 0.717) is 13.0 Å². The SMILES string of the molecule is Cn1nnnc1CCNC(=O)c1cccs1. The van der Waals surface area contributed by atoms with Crippen molar-refractivity contribution in [3.63, 3.8) is 0 Å². The fourth-order valence-corrected chi connectivity index (χ4v) is 1.88. The number of thiophene rings is 1. The molecule has 16 heavy (non-hydrogen) atoms. The van der Waals surface area contributed by atoms with E-state index in [-0.39, 0.29) is 5.91 Å². The zero-order valence-electron chi connectivity index (χ0n) is 8.75. The van der Waals surface area contributed by atoms with E-state index in [4.69, 9.17) is 0 Å². The van der Waals surface area contributed by atoms with Gasteiger partial charge in [-0.15, -0.1) is 16.4 Å². The molecule has 0 saturated heterocycles. The van der Waals surface area contributed by atoms with Gasteiger partial charge in [0, 0.05) is 20.0 Å². The molecule has 0 aromatic carbocycles. The van der Waals surface area contributed by atoms with Gasteiger partial charge in [-0.2, -0.15) is 0 Å². The summed E-state index contributed by atoms with van der Waals surface area (Å²) < 4.78 is 1.59. The van der Waals surface area contributed by atoms with Gasteiger partial charge < -0.3 is 5.32 Å². The average molecular weight is 237 g/mol. The van der Waals surface area contributed by atoms with Crippen LogP contribution in [0, 0.1) is 0 Å². The molecule has 0 fully saturated rings. The normalized spacial score (nSPS) is 10.3. The lowest BCUT2D eigenvalue weighted by Crippen LogP contribution is -2.25. The summed E-state index contributed by atoms with van der Waals surface area (Å²) in [4.78, 5) is 12.3. The third kappa shape index (κ3) is 2.43. The molecule has 2 rings (SSSR count). The van der Waals surface area contributed by atoms with Crippen molar-refractivity contribution in [2.45, 2.75) is 6.42 Å². The van der Waals surface area contributed by atoms with Gasteiger partial charge in [0.1, 0.15) is 0 Å². The minimum absolute atomic E-state index is 0.0508. The molecule has 0 spiro atoms. The molecule has 7 heteroatoms. The average Bonchev–Trinajstić information content (AvgIpc) is 2.90. The molecule has 0 radical (unpaired) electrons. The summed E-state index contributed by atoms with van der Waals surface area (Å²) >= 11 is 1.42. The molecular formula is C9H11N5OS. The number of rotatable bonds is 4. The molecule has 0 bridgehead atoms. The van der Waals surface area contributed by atoms with E-state index in [1.54, 1.807) is 17.8 Å². The minimum atomic E-state index is -0.0508. The van der Waals surface area contributed by atoms with Crippen molar-refractivity contribution in [2.24, 2.45) is 7.05 Å². The first-order valence-corrected chi connectivity index (χ1v) is 5.68. The van der Waals surface area contributed by atoms with Crippen LogP contribution < -0.4 is 5.32 Å². The van der Waals surface area contributed by atoms with E-state index in [2.05, 4.69) is 20.8 Å². The highest BCUT2D eigenvalue weighted by Gasteiger charge is 2.06. The van der Waals surface area contributed by atoms with Crippen LogP contribution in [0.3, 0.4) is 0 Å². The van der Waals surface area contributed by atoms with Crippen LogP contribution in [0.5, 0.6) is 0 Å². The fraction of sp³-hybridized carbons (Fsp3) is 0.333. The van der Waals surface area contributed by atoms with Gasteiger partial charge in [0.05, 0.1) is 4.88 Å². The van der Waals surface area contributed by atoms with Crippen molar-refractivity contribution in [2.75, 3.05) is 6.54 Å². The van der Waals surface area contributed by atoms with Gasteiger partial charge in [-0.25, -0.2) is 4.68 Å². The first-order chi connectivity index (χ1) is 7.77. The maximum Gasteiger partial charge on any atom is 0.261 e. The number of amides is 1. The molecule has 2 aromatic rings. The second-order valence-corrected chi connectivity index (χ2v) is 4.15. The lowest BCUT2D eigenvalue weighted by Gasteiger charge is -2.02. The van der Waals surface area contributed by atoms with Gasteiger partial charge in [0.2, 0.25) is 0 Å². The maximum absolute atomic E-state index is 11.6. The van der Waals surface area contributed by atoms with Crippen molar-refractivity contribution in [3.05, 3.63) is 28.2 Å². The van der Waals surface area contributed by atoms with Gasteiger partial charge in [-0.1, -0.05) is 6.07 Å². The van der Waals surface area contributed by atoms with Crippen LogP contribution in [0.15, 0.2) is 17.5 Å². The zero-order chi connectivity index (χ0) is 11.4. The number of aromatic nitrogens is 4. The number of carbonyl (C=O) groups is 1. The van der Waals surface area contributed by atoms with Crippen LogP contribution in [0.4, 0.5) is 0 Å². The third-order valence-corrected chi connectivity index (χ3v) is 2.96. The topological polar surface area (TPSA) is 72.7 Å². The van der Waals surface area contributed by atoms with Crippen LogP contribution in [0.25, 0.3) is 0 Å². The Bertz CT molecular complexity index is 464. The summed E-state index contributed by atoms with van der Waals surface area (Å²) in [5, 5.41) is 15.7. The summed E-state index contributed by atoms with van der Waals surface area (Å²) in [6.07, 6.45) is 0.626. The molecule has 0 aliphatic heterocycles. The van der Waals surface area contributed by atoms with Gasteiger partial charge in [0.15, 0.2) is 5.82 Å². The number of aryl methyl sites for hydroxylation is 1. The Morgan fingerprint density at radius 2 is 2.50 bits per heavy atom. The van der Waals surface area contributed by atoms with E-state index >= 15 is 0 Å². The first-order valence-electron chi connectivity index (χ1n) is 4.80. The monoisotopic (exact) mass is 237 g/mol. The number of carbonyl (C=O) groups excluding carboxylic acids is 1. The zero-order valence-corrected chi connectivity index (χ0v) is 9.57. The Morgan fingerprint density at radius 3 is 3.12 bits per heavy atom. The van der Waals surface area contributed by atoms with E-state index in [1.807, 2.05) is 11.4 Å². The molecule has 0 aliphatic carbocycles. The van der Waals surface area contributed by atoms with E-state index in [0.717, 1.165) is 10.7 Å². The molecule has 1 N–H and O–H groups in total. The fourth-order valence-electron chi connectivity index (χ4n) is 1.24. The molecule has 0 atom stereocenters. The van der Waals surface area contributed by atoms with E-state index in [1.165, 1.54) is 11.3 Å². The quantitative estimate of drug-likeness (QED) is 0.827. The minimum Gasteiger partial charge on any atom is -0.351 e. The third-order valence-electron chi connectivity index (χ3n) is 2.09. The second-order valence-electron chi connectivity index (χ2n) is 3.20. The number of hydrogen-bond acceptors (Lipinski definition) is 5. The number of hydrogen-bond donors (Lipinski definition) is 1. The molecular weight excluding hydrogens is 226 g/mol. The van der Waals surface area contributed by atoms with Gasteiger partial charge in [-0.05, 0) is 21.9 Å². The van der Waals surface area contributed by atoms with Crippen molar-refractivity contribution in [1.29, 1.82) is 0 Å². The summed E-state index contributed by atoms with van der Waals surface area (Å²) in [6.45, 7) is 0.533. The predicted octanol–water partition coefficient (Wildman–Crippen LogP) is 0.244. The molecule has 0 unspecified atom stereocenters. The van der Waals surface area contributed by atoms with Crippen molar-refractivity contribution >= 4 is 17.2 Å². The van der Waals surface area contributed by atoms with Crippen LogP contribution >= 0.6 is 11.3 Å². The molecule has 0 saturated carbocycles. The highest BCUT2D eigenvalue weighted by Crippen LogP contribution is 2.07. The van der Waals surface area contributed by atoms with Crippen molar-refractivity contribution in [1.82, 2.24) is 25.5 Å². The van der Waals surface area contributed by atoms with Gasteiger partial charge in [0.25, 0.3) is 5.91 Å². The maximum atomic E-state index is 11.6. The van der Waals surface area contributed by atoms with Crippen LogP contribution in [0.2, 0.25) is 0 Å². The molecule has 2 aromatic heterocycles. The van der Waals surface area contributed by atoms with E-state index < -0.39 is 0 Å². The Kier molecular flexibility index (Phi) is 3.25. The predicted molar refractivity (Wildman–Crippen MR) is 59.2 cm³/mol. The highest BCUT2D eigenvalue weighted by atomic mass is 32.1. The summed E-state index contributed by atoms with van der Waals surface area (Å²) in [7, 11) is 1.77. The summed E-state index contributed by atoms with van der Waals surface area (Å²) in [6, 6.07) is 3.65. The molecule has 0 aliphatic rings. The van der Waals surface area contributed by atoms with Crippen molar-refractivity contribution in [3.8, 4) is 0 Å². The van der Waals surface area contributed by atoms with Gasteiger partial charge in [-0.3, -0.25) is 4.79 Å². The number of nitrogens with zero attached hydrogens (tertiary/aromatic N) is 4. The second kappa shape index (κ2) is 4.84. The number of nitrogens with one attached hydrogen (secondary N) is 1. The largest absolute Gasteiger partial charge is 0.351 e. The Hall–Kier alpha value is -1.76. The molecule has 1 amide bonds. The molecule has 84 valence electrons. The van der Waals surface area contributed by atoms with Gasteiger partial charge >= 0.3 is 0 Å².